The standard InChI is InChI=1S/C10H13FN4O2/c1-5-2-6(11)3-7(9(5)12)10(17)8(16)4-14-15-13/h2-3,8,10,16-17H,4,12H2,1H3. The summed E-state index contributed by atoms with van der Waals surface area (Å²) >= 11 is 0. The lowest BCUT2D eigenvalue weighted by atomic mass is 9.99. The van der Waals surface area contributed by atoms with Crippen LogP contribution >= 0.6 is 0 Å². The number of aryl methyl sites for hydroxylation is 1. The number of rotatable bonds is 4. The molecular formula is C10H13FN4O2. The third kappa shape index (κ3) is 3.07. The number of aliphatic hydroxyl groups is 2. The van der Waals surface area contributed by atoms with Crippen molar-refractivity contribution >= 4 is 5.69 Å². The third-order valence-electron chi connectivity index (χ3n) is 2.40. The summed E-state index contributed by atoms with van der Waals surface area (Å²) in [7, 11) is 0. The van der Waals surface area contributed by atoms with Crippen molar-refractivity contribution in [2.75, 3.05) is 12.3 Å². The average molecular weight is 240 g/mol. The van der Waals surface area contributed by atoms with Crippen molar-refractivity contribution in [2.45, 2.75) is 19.1 Å². The van der Waals surface area contributed by atoms with Crippen LogP contribution in [-0.4, -0.2) is 22.9 Å². The third-order valence-corrected chi connectivity index (χ3v) is 2.40. The number of nitrogen functional groups attached to an aromatic ring is 1. The maximum Gasteiger partial charge on any atom is 0.123 e. The molecule has 0 bridgehead atoms. The molecule has 0 aliphatic carbocycles. The quantitative estimate of drug-likeness (QED) is 0.320. The minimum absolute atomic E-state index is 0.0862. The summed E-state index contributed by atoms with van der Waals surface area (Å²) in [6, 6.07) is 2.28. The van der Waals surface area contributed by atoms with Gasteiger partial charge in [0.25, 0.3) is 0 Å². The summed E-state index contributed by atoms with van der Waals surface area (Å²) in [6.07, 6.45) is -2.72. The van der Waals surface area contributed by atoms with Gasteiger partial charge >= 0.3 is 0 Å². The van der Waals surface area contributed by atoms with E-state index in [9.17, 15) is 14.6 Å². The van der Waals surface area contributed by atoms with Crippen LogP contribution in [0.1, 0.15) is 17.2 Å². The van der Waals surface area contributed by atoms with E-state index in [0.29, 0.717) is 5.56 Å². The van der Waals surface area contributed by atoms with Crippen LogP contribution < -0.4 is 5.73 Å². The molecule has 0 heterocycles. The number of hydrogen-bond donors (Lipinski definition) is 3. The molecule has 6 nitrogen and oxygen atoms in total. The van der Waals surface area contributed by atoms with Gasteiger partial charge in [-0.15, -0.1) is 0 Å². The zero-order valence-electron chi connectivity index (χ0n) is 9.21. The van der Waals surface area contributed by atoms with Crippen LogP contribution in [0.4, 0.5) is 10.1 Å². The summed E-state index contributed by atoms with van der Waals surface area (Å²) in [4.78, 5) is 2.46. The number of benzene rings is 1. The minimum Gasteiger partial charge on any atom is -0.398 e. The molecule has 0 fully saturated rings. The molecular weight excluding hydrogens is 227 g/mol. The first kappa shape index (κ1) is 13.2. The fourth-order valence-electron chi connectivity index (χ4n) is 1.45. The van der Waals surface area contributed by atoms with Gasteiger partial charge in [0, 0.05) is 16.2 Å². The molecule has 0 radical (unpaired) electrons. The molecule has 0 aliphatic heterocycles. The van der Waals surface area contributed by atoms with E-state index in [1.54, 1.807) is 6.92 Å². The molecule has 0 saturated carbocycles. The Morgan fingerprint density at radius 1 is 1.53 bits per heavy atom. The molecule has 4 N–H and O–H groups in total. The maximum atomic E-state index is 13.2. The van der Waals surface area contributed by atoms with Gasteiger partial charge in [-0.3, -0.25) is 0 Å². The number of azide groups is 1. The first-order chi connectivity index (χ1) is 7.97. The van der Waals surface area contributed by atoms with Gasteiger partial charge in [-0.2, -0.15) is 0 Å². The molecule has 0 saturated heterocycles. The molecule has 2 atom stereocenters. The summed E-state index contributed by atoms with van der Waals surface area (Å²) in [6.45, 7) is 1.28. The molecule has 1 aromatic carbocycles. The van der Waals surface area contributed by atoms with E-state index in [4.69, 9.17) is 11.3 Å². The van der Waals surface area contributed by atoms with Gasteiger partial charge in [0.1, 0.15) is 11.9 Å². The van der Waals surface area contributed by atoms with E-state index < -0.39 is 18.0 Å². The van der Waals surface area contributed by atoms with E-state index >= 15 is 0 Å². The van der Waals surface area contributed by atoms with Gasteiger partial charge in [0.15, 0.2) is 0 Å². The highest BCUT2D eigenvalue weighted by Crippen LogP contribution is 2.27. The molecule has 0 aliphatic rings. The van der Waals surface area contributed by atoms with Crippen LogP contribution in [0.2, 0.25) is 0 Å². The van der Waals surface area contributed by atoms with Gasteiger partial charge in [-0.25, -0.2) is 4.39 Å². The largest absolute Gasteiger partial charge is 0.398 e. The zero-order valence-corrected chi connectivity index (χ0v) is 9.21. The van der Waals surface area contributed by atoms with Crippen LogP contribution in [0.15, 0.2) is 17.2 Å². The molecule has 1 aromatic rings. The zero-order chi connectivity index (χ0) is 13.0. The molecule has 2 unspecified atom stereocenters. The van der Waals surface area contributed by atoms with Crippen LogP contribution in [0.3, 0.4) is 0 Å². The summed E-state index contributed by atoms with van der Waals surface area (Å²) in [5.74, 6) is -0.554. The van der Waals surface area contributed by atoms with Gasteiger partial charge in [0.05, 0.1) is 12.6 Å². The summed E-state index contributed by atoms with van der Waals surface area (Å²) in [5.41, 5.74) is 14.5. The second-order valence-electron chi connectivity index (χ2n) is 3.65. The highest BCUT2D eigenvalue weighted by Gasteiger charge is 2.21. The average Bonchev–Trinajstić information content (AvgIpc) is 2.29. The Labute approximate surface area is 97.1 Å². The van der Waals surface area contributed by atoms with Gasteiger partial charge in [0.2, 0.25) is 0 Å². The Morgan fingerprint density at radius 2 is 2.18 bits per heavy atom. The second-order valence-corrected chi connectivity index (χ2v) is 3.65. The van der Waals surface area contributed by atoms with Crippen LogP contribution in [-0.2, 0) is 0 Å². The molecule has 1 rings (SSSR count). The lowest BCUT2D eigenvalue weighted by Crippen LogP contribution is -2.22. The van der Waals surface area contributed by atoms with Gasteiger partial charge in [-0.05, 0) is 30.2 Å². The number of nitrogens with two attached hydrogens (primary N) is 1. The van der Waals surface area contributed by atoms with E-state index in [-0.39, 0.29) is 17.8 Å². The summed E-state index contributed by atoms with van der Waals surface area (Å²) < 4.78 is 13.2. The van der Waals surface area contributed by atoms with Crippen molar-refractivity contribution in [3.05, 3.63) is 39.5 Å². The van der Waals surface area contributed by atoms with E-state index in [2.05, 4.69) is 10.0 Å². The SMILES string of the molecule is Cc1cc(F)cc(C(O)C(O)CN=[N+]=[N-])c1N. The Kier molecular flexibility index (Phi) is 4.28. The van der Waals surface area contributed by atoms with Crippen molar-refractivity contribution in [1.82, 2.24) is 0 Å². The number of hydrogen-bond acceptors (Lipinski definition) is 4. The first-order valence-corrected chi connectivity index (χ1v) is 4.90. The molecule has 92 valence electrons. The number of nitrogens with zero attached hydrogens (tertiary/aromatic N) is 3. The number of halogens is 1. The summed E-state index contributed by atoms with van der Waals surface area (Å²) in [5, 5.41) is 22.4. The van der Waals surface area contributed by atoms with Crippen molar-refractivity contribution < 1.29 is 14.6 Å². The predicted molar refractivity (Wildman–Crippen MR) is 60.5 cm³/mol. The van der Waals surface area contributed by atoms with Crippen molar-refractivity contribution in [3.63, 3.8) is 0 Å². The van der Waals surface area contributed by atoms with Gasteiger partial charge < -0.3 is 15.9 Å². The highest BCUT2D eigenvalue weighted by molar-refractivity contribution is 5.54. The van der Waals surface area contributed by atoms with E-state index in [1.165, 1.54) is 6.07 Å². The Morgan fingerprint density at radius 3 is 2.76 bits per heavy atom. The molecule has 0 spiro atoms. The van der Waals surface area contributed by atoms with E-state index in [0.717, 1.165) is 6.07 Å². The normalized spacial score (nSPS) is 13.9. The van der Waals surface area contributed by atoms with Crippen molar-refractivity contribution in [3.8, 4) is 0 Å². The topological polar surface area (TPSA) is 115 Å². The molecule has 17 heavy (non-hydrogen) atoms. The number of aliphatic hydroxyl groups excluding tert-OH is 2. The van der Waals surface area contributed by atoms with E-state index in [1.807, 2.05) is 0 Å². The maximum absolute atomic E-state index is 13.2. The fraction of sp³-hybridized carbons (Fsp3) is 0.400. The minimum atomic E-state index is -1.39. The second kappa shape index (κ2) is 5.49. The van der Waals surface area contributed by atoms with Crippen LogP contribution in [0.25, 0.3) is 10.4 Å². The first-order valence-electron chi connectivity index (χ1n) is 4.90. The predicted octanol–water partition coefficient (Wildman–Crippen LogP) is 1.42. The number of anilines is 1. The highest BCUT2D eigenvalue weighted by atomic mass is 19.1. The Bertz CT molecular complexity index is 460. The smallest absolute Gasteiger partial charge is 0.123 e. The monoisotopic (exact) mass is 240 g/mol. The Hall–Kier alpha value is -1.82. The van der Waals surface area contributed by atoms with Crippen LogP contribution in [0.5, 0.6) is 0 Å². The van der Waals surface area contributed by atoms with Crippen molar-refractivity contribution in [2.24, 2.45) is 5.11 Å². The molecule has 0 amide bonds. The lowest BCUT2D eigenvalue weighted by molar-refractivity contribution is 0.0246. The van der Waals surface area contributed by atoms with Gasteiger partial charge in [-0.1, -0.05) is 5.11 Å². The fourth-order valence-corrected chi connectivity index (χ4v) is 1.45. The molecule has 0 aromatic heterocycles. The van der Waals surface area contributed by atoms with Crippen molar-refractivity contribution in [1.29, 1.82) is 0 Å². The molecule has 7 heteroatoms. The van der Waals surface area contributed by atoms with Crippen LogP contribution in [0, 0.1) is 12.7 Å². The lowest BCUT2D eigenvalue weighted by Gasteiger charge is -2.19. The Balaban J connectivity index is 3.02.